The Morgan fingerprint density at radius 3 is 2.95 bits per heavy atom. The van der Waals surface area contributed by atoms with Crippen LogP contribution >= 0.6 is 23.2 Å². The van der Waals surface area contributed by atoms with E-state index in [9.17, 15) is 0 Å². The average Bonchev–Trinajstić information content (AvgIpc) is 2.86. The van der Waals surface area contributed by atoms with E-state index < -0.39 is 0 Å². The predicted molar refractivity (Wildman–Crippen MR) is 78.9 cm³/mol. The van der Waals surface area contributed by atoms with Gasteiger partial charge in [-0.1, -0.05) is 35.3 Å². The maximum Gasteiger partial charge on any atom is 0.231 e. The molecule has 0 saturated heterocycles. The summed E-state index contributed by atoms with van der Waals surface area (Å²) in [5, 5.41) is 4.01. The number of hydrogen-bond donors (Lipinski definition) is 1. The van der Waals surface area contributed by atoms with Gasteiger partial charge in [-0.05, 0) is 24.6 Å². The number of fused-ring (bicyclic) bond motifs is 1. The Labute approximate surface area is 126 Å². The second-order valence-corrected chi connectivity index (χ2v) is 5.18. The topological polar surface area (TPSA) is 43.4 Å². The van der Waals surface area contributed by atoms with Crippen molar-refractivity contribution in [1.82, 2.24) is 4.98 Å². The van der Waals surface area contributed by atoms with E-state index >= 15 is 0 Å². The smallest absolute Gasteiger partial charge is 0.231 e. The molecule has 2 heterocycles. The number of benzene rings is 1. The van der Waals surface area contributed by atoms with E-state index in [0.717, 1.165) is 28.3 Å². The van der Waals surface area contributed by atoms with Gasteiger partial charge in [0.15, 0.2) is 16.7 Å². The molecule has 0 bridgehead atoms. The first-order chi connectivity index (χ1) is 9.65. The van der Waals surface area contributed by atoms with Crippen LogP contribution in [0.4, 0.5) is 5.69 Å². The molecule has 0 aliphatic carbocycles. The van der Waals surface area contributed by atoms with Gasteiger partial charge in [0, 0.05) is 12.1 Å². The maximum atomic E-state index is 6.10. The first-order valence-corrected chi connectivity index (χ1v) is 6.85. The number of aryl methyl sites for hydroxylation is 1. The summed E-state index contributed by atoms with van der Waals surface area (Å²) in [5.74, 6) is 1.54. The summed E-state index contributed by atoms with van der Waals surface area (Å²) in [6.07, 6.45) is 0. The molecule has 1 aliphatic rings. The summed E-state index contributed by atoms with van der Waals surface area (Å²) in [6.45, 7) is 2.75. The number of halogens is 2. The fourth-order valence-corrected chi connectivity index (χ4v) is 2.72. The normalized spacial score (nSPS) is 12.6. The molecule has 1 aliphatic heterocycles. The molecule has 0 atom stereocenters. The number of ether oxygens (including phenoxy) is 2. The number of pyridine rings is 1. The van der Waals surface area contributed by atoms with Crippen LogP contribution in [0.3, 0.4) is 0 Å². The van der Waals surface area contributed by atoms with Crippen molar-refractivity contribution in [1.29, 1.82) is 0 Å². The van der Waals surface area contributed by atoms with Crippen LogP contribution in [0.5, 0.6) is 11.5 Å². The van der Waals surface area contributed by atoms with E-state index in [2.05, 4.69) is 10.3 Å². The summed E-state index contributed by atoms with van der Waals surface area (Å²) in [5.41, 5.74) is 2.72. The number of hydrogen-bond acceptors (Lipinski definition) is 4. The minimum Gasteiger partial charge on any atom is -0.454 e. The summed E-state index contributed by atoms with van der Waals surface area (Å²) in [4.78, 5) is 4.03. The zero-order chi connectivity index (χ0) is 14.1. The standard InChI is InChI=1S/C14H12Cl2N2O2/c1-8-5-11(15)18-14(16)12(8)17-6-9-3-2-4-10-13(9)20-7-19-10/h2-5,17H,6-7H2,1H3. The van der Waals surface area contributed by atoms with Crippen LogP contribution in [-0.2, 0) is 6.54 Å². The van der Waals surface area contributed by atoms with E-state index in [0.29, 0.717) is 16.9 Å². The number of nitrogens with zero attached hydrogens (tertiary/aromatic N) is 1. The van der Waals surface area contributed by atoms with Crippen LogP contribution in [0.1, 0.15) is 11.1 Å². The molecule has 1 aromatic heterocycles. The third-order valence-electron chi connectivity index (χ3n) is 3.07. The molecule has 1 N–H and O–H groups in total. The van der Waals surface area contributed by atoms with E-state index in [1.54, 1.807) is 6.07 Å². The quantitative estimate of drug-likeness (QED) is 0.869. The van der Waals surface area contributed by atoms with E-state index in [1.807, 2.05) is 25.1 Å². The van der Waals surface area contributed by atoms with Gasteiger partial charge in [0.2, 0.25) is 6.79 Å². The van der Waals surface area contributed by atoms with Gasteiger partial charge in [-0.2, -0.15) is 0 Å². The summed E-state index contributed by atoms with van der Waals surface area (Å²) < 4.78 is 10.8. The lowest BCUT2D eigenvalue weighted by Gasteiger charge is -2.12. The number of nitrogens with one attached hydrogen (secondary N) is 1. The van der Waals surface area contributed by atoms with Crippen molar-refractivity contribution < 1.29 is 9.47 Å². The molecule has 3 rings (SSSR count). The molecule has 0 radical (unpaired) electrons. The van der Waals surface area contributed by atoms with Gasteiger partial charge in [-0.15, -0.1) is 0 Å². The Bertz CT molecular complexity index is 639. The third kappa shape index (κ3) is 2.49. The highest BCUT2D eigenvalue weighted by Crippen LogP contribution is 2.36. The lowest BCUT2D eigenvalue weighted by atomic mass is 10.1. The van der Waals surface area contributed by atoms with Gasteiger partial charge in [-0.3, -0.25) is 0 Å². The summed E-state index contributed by atoms with van der Waals surface area (Å²) in [7, 11) is 0. The number of anilines is 1. The Morgan fingerprint density at radius 2 is 2.15 bits per heavy atom. The number of aromatic nitrogens is 1. The van der Waals surface area contributed by atoms with Gasteiger partial charge in [-0.25, -0.2) is 4.98 Å². The molecule has 0 fully saturated rings. The third-order valence-corrected chi connectivity index (χ3v) is 3.54. The average molecular weight is 311 g/mol. The molecule has 0 saturated carbocycles. The largest absolute Gasteiger partial charge is 0.454 e. The van der Waals surface area contributed by atoms with E-state index in [-0.39, 0.29) is 6.79 Å². The summed E-state index contributed by atoms with van der Waals surface area (Å²) in [6, 6.07) is 7.56. The molecule has 2 aromatic rings. The molecular weight excluding hydrogens is 299 g/mol. The molecule has 6 heteroatoms. The minimum atomic E-state index is 0.259. The fraction of sp³-hybridized carbons (Fsp3) is 0.214. The van der Waals surface area contributed by atoms with Crippen molar-refractivity contribution in [2.45, 2.75) is 13.5 Å². The SMILES string of the molecule is Cc1cc(Cl)nc(Cl)c1NCc1cccc2c1OCO2. The van der Waals surface area contributed by atoms with Crippen molar-refractivity contribution in [3.63, 3.8) is 0 Å². The highest BCUT2D eigenvalue weighted by atomic mass is 35.5. The zero-order valence-electron chi connectivity index (χ0n) is 10.7. The first-order valence-electron chi connectivity index (χ1n) is 6.09. The van der Waals surface area contributed by atoms with Crippen molar-refractivity contribution >= 4 is 28.9 Å². The Balaban J connectivity index is 1.83. The lowest BCUT2D eigenvalue weighted by molar-refractivity contribution is 0.173. The second kappa shape index (κ2) is 5.38. The monoisotopic (exact) mass is 310 g/mol. The first kappa shape index (κ1) is 13.3. The van der Waals surface area contributed by atoms with Crippen molar-refractivity contribution in [2.24, 2.45) is 0 Å². The van der Waals surface area contributed by atoms with Crippen LogP contribution in [-0.4, -0.2) is 11.8 Å². The second-order valence-electron chi connectivity index (χ2n) is 4.43. The fourth-order valence-electron chi connectivity index (χ4n) is 2.12. The highest BCUT2D eigenvalue weighted by molar-refractivity contribution is 6.34. The van der Waals surface area contributed by atoms with Crippen molar-refractivity contribution in [3.05, 3.63) is 45.7 Å². The maximum absolute atomic E-state index is 6.10. The summed E-state index contributed by atoms with van der Waals surface area (Å²) >= 11 is 12.0. The highest BCUT2D eigenvalue weighted by Gasteiger charge is 2.17. The molecule has 1 aromatic carbocycles. The van der Waals surface area contributed by atoms with Crippen LogP contribution in [0.25, 0.3) is 0 Å². The lowest BCUT2D eigenvalue weighted by Crippen LogP contribution is -2.04. The van der Waals surface area contributed by atoms with Gasteiger partial charge in [0.1, 0.15) is 5.15 Å². The van der Waals surface area contributed by atoms with E-state index in [4.69, 9.17) is 32.7 Å². The minimum absolute atomic E-state index is 0.259. The van der Waals surface area contributed by atoms with Gasteiger partial charge in [0.25, 0.3) is 0 Å². The van der Waals surface area contributed by atoms with Crippen molar-refractivity contribution in [2.75, 3.05) is 12.1 Å². The van der Waals surface area contributed by atoms with Crippen LogP contribution in [0, 0.1) is 6.92 Å². The molecule has 20 heavy (non-hydrogen) atoms. The van der Waals surface area contributed by atoms with Crippen LogP contribution in [0.2, 0.25) is 10.3 Å². The number of rotatable bonds is 3. The Morgan fingerprint density at radius 1 is 1.30 bits per heavy atom. The molecule has 104 valence electrons. The van der Waals surface area contributed by atoms with Gasteiger partial charge in [0.05, 0.1) is 5.69 Å². The molecule has 0 spiro atoms. The Kier molecular flexibility index (Phi) is 3.59. The predicted octanol–water partition coefficient (Wildman–Crippen LogP) is 4.04. The van der Waals surface area contributed by atoms with Gasteiger partial charge < -0.3 is 14.8 Å². The number of para-hydroxylation sites is 1. The molecule has 4 nitrogen and oxygen atoms in total. The van der Waals surface area contributed by atoms with E-state index in [1.165, 1.54) is 0 Å². The van der Waals surface area contributed by atoms with Gasteiger partial charge >= 0.3 is 0 Å². The molecule has 0 unspecified atom stereocenters. The van der Waals surface area contributed by atoms with Crippen LogP contribution in [0.15, 0.2) is 24.3 Å². The molecule has 0 amide bonds. The molecular formula is C14H12Cl2N2O2. The van der Waals surface area contributed by atoms with Crippen molar-refractivity contribution in [3.8, 4) is 11.5 Å². The zero-order valence-corrected chi connectivity index (χ0v) is 12.3. The Hall–Kier alpha value is -1.65. The van der Waals surface area contributed by atoms with Crippen LogP contribution < -0.4 is 14.8 Å².